The van der Waals surface area contributed by atoms with Crippen LogP contribution in [0.3, 0.4) is 0 Å². The molecule has 0 saturated carbocycles. The second kappa shape index (κ2) is 11.3. The summed E-state index contributed by atoms with van der Waals surface area (Å²) < 4.78 is 24.2. The fraction of sp³-hybridized carbons (Fsp3) is 0. The predicted octanol–water partition coefficient (Wildman–Crippen LogP) is 4.72. The van der Waals surface area contributed by atoms with Crippen LogP contribution in [0.5, 0.6) is 23.0 Å². The molecule has 4 aromatic carbocycles. The normalized spacial score (nSPS) is 10.1. The molecular formula is C24H22O6S. The van der Waals surface area contributed by atoms with Gasteiger partial charge >= 0.3 is 0 Å². The molecule has 4 N–H and O–H groups in total. The molecule has 4 rings (SSSR count). The van der Waals surface area contributed by atoms with Crippen molar-refractivity contribution >= 4 is 9.84 Å². The van der Waals surface area contributed by atoms with E-state index in [4.69, 9.17) is 20.4 Å². The van der Waals surface area contributed by atoms with Gasteiger partial charge in [0.1, 0.15) is 23.0 Å². The van der Waals surface area contributed by atoms with Gasteiger partial charge in [-0.15, -0.1) is 0 Å². The summed E-state index contributed by atoms with van der Waals surface area (Å²) in [6, 6.07) is 28.0. The molecule has 0 aliphatic carbocycles. The van der Waals surface area contributed by atoms with Crippen molar-refractivity contribution < 1.29 is 28.8 Å². The van der Waals surface area contributed by atoms with Gasteiger partial charge in [-0.1, -0.05) is 36.4 Å². The summed E-state index contributed by atoms with van der Waals surface area (Å²) >= 11 is 0. The lowest BCUT2D eigenvalue weighted by Crippen LogP contribution is -2.01. The monoisotopic (exact) mass is 438 g/mol. The molecule has 31 heavy (non-hydrogen) atoms. The third kappa shape index (κ3) is 7.75. The summed E-state index contributed by atoms with van der Waals surface area (Å²) in [6.07, 6.45) is 0. The van der Waals surface area contributed by atoms with Gasteiger partial charge in [-0.25, -0.2) is 8.42 Å². The first kappa shape index (κ1) is 23.3. The van der Waals surface area contributed by atoms with Gasteiger partial charge in [-0.05, 0) is 72.8 Å². The summed E-state index contributed by atoms with van der Waals surface area (Å²) in [5.74, 6) is 0.661. The van der Waals surface area contributed by atoms with Gasteiger partial charge in [-0.2, -0.15) is 0 Å². The summed E-state index contributed by atoms with van der Waals surface area (Å²) in [5.41, 5.74) is 0. The van der Waals surface area contributed by atoms with Crippen molar-refractivity contribution in [3.63, 3.8) is 0 Å². The Kier molecular flexibility index (Phi) is 8.48. The van der Waals surface area contributed by atoms with Crippen molar-refractivity contribution in [3.05, 3.63) is 109 Å². The minimum absolute atomic E-state index is 0.00894. The van der Waals surface area contributed by atoms with Crippen LogP contribution in [0.15, 0.2) is 119 Å². The first-order chi connectivity index (χ1) is 14.8. The Labute approximate surface area is 180 Å². The van der Waals surface area contributed by atoms with Crippen LogP contribution in [0, 0.1) is 0 Å². The Morgan fingerprint density at radius 1 is 0.387 bits per heavy atom. The maximum atomic E-state index is 12.1. The Hall–Kier alpha value is -3.97. The topological polar surface area (TPSA) is 115 Å². The highest BCUT2D eigenvalue weighted by Gasteiger charge is 2.17. The maximum Gasteiger partial charge on any atom is 0.206 e. The SMILES string of the molecule is O=S(=O)(c1ccc(O)cc1)c1ccc(O)cc1.Oc1ccccc1.Oc1ccccc1. The van der Waals surface area contributed by atoms with Crippen LogP contribution in [0.4, 0.5) is 0 Å². The summed E-state index contributed by atoms with van der Waals surface area (Å²) in [5, 5.41) is 35.5. The second-order valence-corrected chi connectivity index (χ2v) is 8.11. The van der Waals surface area contributed by atoms with Gasteiger partial charge in [0.05, 0.1) is 9.79 Å². The molecular weight excluding hydrogens is 416 g/mol. The highest BCUT2D eigenvalue weighted by molar-refractivity contribution is 7.91. The lowest BCUT2D eigenvalue weighted by atomic mass is 10.3. The van der Waals surface area contributed by atoms with Gasteiger partial charge in [0.25, 0.3) is 0 Å². The quantitative estimate of drug-likeness (QED) is 0.360. The smallest absolute Gasteiger partial charge is 0.206 e. The molecule has 0 aliphatic heterocycles. The minimum atomic E-state index is -3.59. The van der Waals surface area contributed by atoms with Crippen LogP contribution in [0.1, 0.15) is 0 Å². The third-order valence-corrected chi connectivity index (χ3v) is 5.59. The number of rotatable bonds is 2. The van der Waals surface area contributed by atoms with E-state index in [1.807, 2.05) is 12.1 Å². The molecule has 0 spiro atoms. The third-order valence-electron chi connectivity index (χ3n) is 3.81. The number of benzene rings is 4. The lowest BCUT2D eigenvalue weighted by molar-refractivity contribution is 0.474. The molecule has 160 valence electrons. The number of phenols is 4. The van der Waals surface area contributed by atoms with Crippen LogP contribution in [-0.4, -0.2) is 28.8 Å². The maximum absolute atomic E-state index is 12.1. The van der Waals surface area contributed by atoms with E-state index in [2.05, 4.69) is 0 Å². The number of hydrogen-bond donors (Lipinski definition) is 4. The molecule has 0 fully saturated rings. The zero-order chi connectivity index (χ0) is 22.7. The Bertz CT molecular complexity index is 1050. The fourth-order valence-corrected chi connectivity index (χ4v) is 3.50. The average molecular weight is 439 g/mol. The van der Waals surface area contributed by atoms with Crippen molar-refractivity contribution in [2.75, 3.05) is 0 Å². The molecule has 6 nitrogen and oxygen atoms in total. The van der Waals surface area contributed by atoms with Crippen molar-refractivity contribution in [2.45, 2.75) is 9.79 Å². The van der Waals surface area contributed by atoms with E-state index in [9.17, 15) is 8.42 Å². The number of hydrogen-bond acceptors (Lipinski definition) is 6. The van der Waals surface area contributed by atoms with Gasteiger partial charge in [0, 0.05) is 0 Å². The Morgan fingerprint density at radius 3 is 0.871 bits per heavy atom. The zero-order valence-electron chi connectivity index (χ0n) is 16.4. The number of phenolic OH excluding ortho intramolecular Hbond substituents is 4. The molecule has 4 aromatic rings. The lowest BCUT2D eigenvalue weighted by Gasteiger charge is -2.04. The average Bonchev–Trinajstić information content (AvgIpc) is 2.76. The van der Waals surface area contributed by atoms with Gasteiger partial charge < -0.3 is 20.4 Å². The Balaban J connectivity index is 0.000000199. The molecule has 0 amide bonds. The molecule has 0 bridgehead atoms. The molecule has 0 heterocycles. The van der Waals surface area contributed by atoms with E-state index in [-0.39, 0.29) is 21.3 Å². The summed E-state index contributed by atoms with van der Waals surface area (Å²) in [7, 11) is -3.59. The van der Waals surface area contributed by atoms with Crippen molar-refractivity contribution in [1.29, 1.82) is 0 Å². The molecule has 0 aromatic heterocycles. The van der Waals surface area contributed by atoms with E-state index >= 15 is 0 Å². The highest BCUT2D eigenvalue weighted by atomic mass is 32.2. The first-order valence-electron chi connectivity index (χ1n) is 9.10. The molecule has 0 saturated heterocycles. The highest BCUT2D eigenvalue weighted by Crippen LogP contribution is 2.23. The number of para-hydroxylation sites is 2. The van der Waals surface area contributed by atoms with E-state index in [0.717, 1.165) is 0 Å². The molecule has 0 atom stereocenters. The first-order valence-corrected chi connectivity index (χ1v) is 10.6. The molecule has 7 heteroatoms. The minimum Gasteiger partial charge on any atom is -0.508 e. The standard InChI is InChI=1S/C12H10O4S.2C6H6O/c13-9-1-5-11(6-2-9)17(15,16)12-7-3-10(14)4-8-12;2*7-6-4-2-1-3-5-6/h1-8,13-14H;2*1-5,7H. The fourth-order valence-electron chi connectivity index (χ4n) is 2.24. The van der Waals surface area contributed by atoms with E-state index in [1.165, 1.54) is 48.5 Å². The van der Waals surface area contributed by atoms with Gasteiger partial charge in [0.2, 0.25) is 9.84 Å². The summed E-state index contributed by atoms with van der Waals surface area (Å²) in [4.78, 5) is 0.196. The van der Waals surface area contributed by atoms with Gasteiger partial charge in [0.15, 0.2) is 0 Å². The number of sulfone groups is 1. The zero-order valence-corrected chi connectivity index (χ0v) is 17.2. The molecule has 0 aliphatic rings. The van der Waals surface area contributed by atoms with E-state index < -0.39 is 9.84 Å². The van der Waals surface area contributed by atoms with Crippen LogP contribution >= 0.6 is 0 Å². The van der Waals surface area contributed by atoms with Gasteiger partial charge in [-0.3, -0.25) is 0 Å². The van der Waals surface area contributed by atoms with Crippen LogP contribution in [-0.2, 0) is 9.84 Å². The van der Waals surface area contributed by atoms with Crippen LogP contribution in [0.2, 0.25) is 0 Å². The predicted molar refractivity (Wildman–Crippen MR) is 118 cm³/mol. The molecule has 0 radical (unpaired) electrons. The second-order valence-electron chi connectivity index (χ2n) is 6.16. The van der Waals surface area contributed by atoms with Crippen molar-refractivity contribution in [2.24, 2.45) is 0 Å². The van der Waals surface area contributed by atoms with Crippen LogP contribution in [0.25, 0.3) is 0 Å². The number of aromatic hydroxyl groups is 4. The van der Waals surface area contributed by atoms with Crippen molar-refractivity contribution in [1.82, 2.24) is 0 Å². The van der Waals surface area contributed by atoms with Crippen LogP contribution < -0.4 is 0 Å². The van der Waals surface area contributed by atoms with E-state index in [1.54, 1.807) is 48.5 Å². The summed E-state index contributed by atoms with van der Waals surface area (Å²) in [6.45, 7) is 0. The molecule has 0 unspecified atom stereocenters. The largest absolute Gasteiger partial charge is 0.508 e. The Morgan fingerprint density at radius 2 is 0.645 bits per heavy atom. The van der Waals surface area contributed by atoms with E-state index in [0.29, 0.717) is 11.5 Å². The van der Waals surface area contributed by atoms with Crippen molar-refractivity contribution in [3.8, 4) is 23.0 Å².